The molecule has 1 aromatic carbocycles. The van der Waals surface area contributed by atoms with Crippen LogP contribution in [0.25, 0.3) is 0 Å². The fourth-order valence-corrected chi connectivity index (χ4v) is 3.35. The average molecular weight is 289 g/mol. The second-order valence-corrected chi connectivity index (χ2v) is 6.11. The van der Waals surface area contributed by atoms with E-state index < -0.39 is 0 Å². The molecule has 3 heteroatoms. The van der Waals surface area contributed by atoms with E-state index in [1.54, 1.807) is 0 Å². The number of rotatable bonds is 4. The lowest BCUT2D eigenvalue weighted by atomic mass is 9.96. The van der Waals surface area contributed by atoms with Crippen LogP contribution in [0.2, 0.25) is 0 Å². The van der Waals surface area contributed by atoms with Crippen LogP contribution < -0.4 is 0 Å². The summed E-state index contributed by atoms with van der Waals surface area (Å²) in [5, 5.41) is 0. The molecule has 0 N–H and O–H groups in total. The SMILES string of the molecule is CCOC(=O)C1CCCCN1Cc1c(C)cc(C)cc1C. The van der Waals surface area contributed by atoms with Crippen molar-refractivity contribution in [3.63, 3.8) is 0 Å². The number of carbonyl (C=O) groups excluding carboxylic acids is 1. The summed E-state index contributed by atoms with van der Waals surface area (Å²) in [7, 11) is 0. The van der Waals surface area contributed by atoms with Crippen LogP contribution in [0.5, 0.6) is 0 Å². The number of hydrogen-bond donors (Lipinski definition) is 0. The standard InChI is InChI=1S/C18H27NO2/c1-5-21-18(20)17-8-6-7-9-19(17)12-16-14(3)10-13(2)11-15(16)4/h10-11,17H,5-9,12H2,1-4H3. The molecule has 1 atom stereocenters. The fraction of sp³-hybridized carbons (Fsp3) is 0.611. The van der Waals surface area contributed by atoms with Crippen molar-refractivity contribution in [1.29, 1.82) is 0 Å². The number of likely N-dealkylation sites (tertiary alicyclic amines) is 1. The zero-order valence-electron chi connectivity index (χ0n) is 13.7. The molecule has 0 radical (unpaired) electrons. The van der Waals surface area contributed by atoms with Crippen molar-refractivity contribution in [2.75, 3.05) is 13.2 Å². The largest absolute Gasteiger partial charge is 0.465 e. The summed E-state index contributed by atoms with van der Waals surface area (Å²) in [6, 6.07) is 4.39. The third kappa shape index (κ3) is 3.85. The molecule has 2 rings (SSSR count). The molecule has 0 amide bonds. The zero-order chi connectivity index (χ0) is 15.4. The van der Waals surface area contributed by atoms with Crippen LogP contribution in [-0.2, 0) is 16.1 Å². The van der Waals surface area contributed by atoms with Gasteiger partial charge < -0.3 is 4.74 Å². The van der Waals surface area contributed by atoms with Crippen molar-refractivity contribution in [3.05, 3.63) is 34.4 Å². The van der Waals surface area contributed by atoms with E-state index in [9.17, 15) is 4.79 Å². The maximum Gasteiger partial charge on any atom is 0.323 e. The van der Waals surface area contributed by atoms with Crippen molar-refractivity contribution in [1.82, 2.24) is 4.90 Å². The number of nitrogens with zero attached hydrogens (tertiary/aromatic N) is 1. The van der Waals surface area contributed by atoms with Gasteiger partial charge in [-0.3, -0.25) is 9.69 Å². The Bertz CT molecular complexity index is 487. The minimum atomic E-state index is -0.0706. The van der Waals surface area contributed by atoms with Gasteiger partial charge in [-0.1, -0.05) is 24.1 Å². The Morgan fingerprint density at radius 2 is 1.90 bits per heavy atom. The van der Waals surface area contributed by atoms with Gasteiger partial charge in [0.2, 0.25) is 0 Å². The molecule has 1 aromatic rings. The van der Waals surface area contributed by atoms with Crippen LogP contribution in [0.1, 0.15) is 48.4 Å². The van der Waals surface area contributed by atoms with E-state index in [1.807, 2.05) is 6.92 Å². The first-order chi connectivity index (χ1) is 10.0. The van der Waals surface area contributed by atoms with E-state index in [0.717, 1.165) is 25.9 Å². The van der Waals surface area contributed by atoms with Gasteiger partial charge in [-0.2, -0.15) is 0 Å². The van der Waals surface area contributed by atoms with E-state index >= 15 is 0 Å². The van der Waals surface area contributed by atoms with Crippen LogP contribution in [0.3, 0.4) is 0 Å². The first-order valence-corrected chi connectivity index (χ1v) is 8.00. The molecule has 1 fully saturated rings. The molecule has 0 spiro atoms. The first kappa shape index (κ1) is 16.0. The third-order valence-electron chi connectivity index (χ3n) is 4.37. The van der Waals surface area contributed by atoms with E-state index in [-0.39, 0.29) is 12.0 Å². The van der Waals surface area contributed by atoms with Crippen LogP contribution >= 0.6 is 0 Å². The summed E-state index contributed by atoms with van der Waals surface area (Å²) < 4.78 is 5.25. The van der Waals surface area contributed by atoms with Gasteiger partial charge in [0.25, 0.3) is 0 Å². The second-order valence-electron chi connectivity index (χ2n) is 6.11. The Kier molecular flexibility index (Phi) is 5.40. The van der Waals surface area contributed by atoms with E-state index in [2.05, 4.69) is 37.8 Å². The van der Waals surface area contributed by atoms with Gasteiger partial charge in [-0.25, -0.2) is 0 Å². The maximum absolute atomic E-state index is 12.2. The van der Waals surface area contributed by atoms with Gasteiger partial charge in [-0.15, -0.1) is 0 Å². The van der Waals surface area contributed by atoms with Crippen LogP contribution in [0.15, 0.2) is 12.1 Å². The quantitative estimate of drug-likeness (QED) is 0.794. The van der Waals surface area contributed by atoms with Gasteiger partial charge in [0.1, 0.15) is 6.04 Å². The summed E-state index contributed by atoms with van der Waals surface area (Å²) in [5.41, 5.74) is 5.30. The Hall–Kier alpha value is -1.35. The lowest BCUT2D eigenvalue weighted by molar-refractivity contribution is -0.151. The molecule has 1 saturated heterocycles. The van der Waals surface area contributed by atoms with Crippen LogP contribution in [-0.4, -0.2) is 30.1 Å². The van der Waals surface area contributed by atoms with Gasteiger partial charge in [-0.05, 0) is 63.8 Å². The summed E-state index contributed by atoms with van der Waals surface area (Å²) in [5.74, 6) is -0.0559. The van der Waals surface area contributed by atoms with Crippen molar-refractivity contribution < 1.29 is 9.53 Å². The molecule has 21 heavy (non-hydrogen) atoms. The number of esters is 1. The second kappa shape index (κ2) is 7.08. The lowest BCUT2D eigenvalue weighted by Crippen LogP contribution is -2.45. The predicted octanol–water partition coefficient (Wildman–Crippen LogP) is 3.53. The maximum atomic E-state index is 12.2. The number of aryl methyl sites for hydroxylation is 3. The Morgan fingerprint density at radius 3 is 2.52 bits per heavy atom. The molecule has 1 aliphatic rings. The molecular formula is C18H27NO2. The number of carbonyl (C=O) groups is 1. The highest BCUT2D eigenvalue weighted by atomic mass is 16.5. The molecule has 116 valence electrons. The van der Waals surface area contributed by atoms with Gasteiger partial charge in [0.05, 0.1) is 6.61 Å². The summed E-state index contributed by atoms with van der Waals surface area (Å²) in [4.78, 5) is 14.5. The fourth-order valence-electron chi connectivity index (χ4n) is 3.35. The molecule has 0 saturated carbocycles. The molecule has 1 aliphatic heterocycles. The van der Waals surface area contributed by atoms with Gasteiger partial charge in [0.15, 0.2) is 0 Å². The Balaban J connectivity index is 2.18. The zero-order valence-corrected chi connectivity index (χ0v) is 13.7. The normalized spacial score (nSPS) is 19.5. The van der Waals surface area contributed by atoms with E-state index in [0.29, 0.717) is 6.61 Å². The van der Waals surface area contributed by atoms with Gasteiger partial charge >= 0.3 is 5.97 Å². The summed E-state index contributed by atoms with van der Waals surface area (Å²) in [6.45, 7) is 10.6. The monoisotopic (exact) mass is 289 g/mol. The highest BCUT2D eigenvalue weighted by Gasteiger charge is 2.30. The van der Waals surface area contributed by atoms with Crippen molar-refractivity contribution >= 4 is 5.97 Å². The number of benzene rings is 1. The van der Waals surface area contributed by atoms with E-state index in [4.69, 9.17) is 4.74 Å². The molecule has 0 aliphatic carbocycles. The van der Waals surface area contributed by atoms with Crippen molar-refractivity contribution in [2.24, 2.45) is 0 Å². The molecule has 0 aromatic heterocycles. The Morgan fingerprint density at radius 1 is 1.24 bits per heavy atom. The average Bonchev–Trinajstić information content (AvgIpc) is 2.43. The third-order valence-corrected chi connectivity index (χ3v) is 4.37. The van der Waals surface area contributed by atoms with Gasteiger partial charge in [0, 0.05) is 6.54 Å². The lowest BCUT2D eigenvalue weighted by Gasteiger charge is -2.34. The Labute approximate surface area is 128 Å². The number of ether oxygens (including phenoxy) is 1. The summed E-state index contributed by atoms with van der Waals surface area (Å²) >= 11 is 0. The smallest absolute Gasteiger partial charge is 0.323 e. The summed E-state index contributed by atoms with van der Waals surface area (Å²) in [6.07, 6.45) is 3.20. The minimum absolute atomic E-state index is 0.0559. The molecular weight excluding hydrogens is 262 g/mol. The molecule has 1 unspecified atom stereocenters. The van der Waals surface area contributed by atoms with Crippen molar-refractivity contribution in [3.8, 4) is 0 Å². The highest BCUT2D eigenvalue weighted by Crippen LogP contribution is 2.24. The predicted molar refractivity (Wildman–Crippen MR) is 85.3 cm³/mol. The number of hydrogen-bond acceptors (Lipinski definition) is 3. The molecule has 0 bridgehead atoms. The van der Waals surface area contributed by atoms with Crippen molar-refractivity contribution in [2.45, 2.75) is 59.5 Å². The number of piperidine rings is 1. The molecule has 3 nitrogen and oxygen atoms in total. The first-order valence-electron chi connectivity index (χ1n) is 8.00. The molecule has 1 heterocycles. The van der Waals surface area contributed by atoms with Crippen LogP contribution in [0.4, 0.5) is 0 Å². The van der Waals surface area contributed by atoms with Crippen LogP contribution in [0, 0.1) is 20.8 Å². The minimum Gasteiger partial charge on any atom is -0.465 e. The topological polar surface area (TPSA) is 29.5 Å². The van der Waals surface area contributed by atoms with E-state index in [1.165, 1.54) is 28.7 Å². The highest BCUT2D eigenvalue weighted by molar-refractivity contribution is 5.75.